The van der Waals surface area contributed by atoms with E-state index in [1.165, 1.54) is 5.01 Å². The van der Waals surface area contributed by atoms with Crippen molar-refractivity contribution < 1.29 is 19.1 Å². The first-order valence-electron chi connectivity index (χ1n) is 8.72. The van der Waals surface area contributed by atoms with Gasteiger partial charge in [0.2, 0.25) is 5.91 Å². The number of hydrogen-bond acceptors (Lipinski definition) is 5. The van der Waals surface area contributed by atoms with Crippen LogP contribution in [0.15, 0.2) is 53.6 Å². The lowest BCUT2D eigenvalue weighted by molar-refractivity contribution is -0.120. The summed E-state index contributed by atoms with van der Waals surface area (Å²) in [6, 6.07) is 13.9. The van der Waals surface area contributed by atoms with Crippen molar-refractivity contribution >= 4 is 34.8 Å². The van der Waals surface area contributed by atoms with Crippen molar-refractivity contribution in [2.75, 3.05) is 16.9 Å². The van der Waals surface area contributed by atoms with Crippen LogP contribution in [0.2, 0.25) is 0 Å². The molecule has 0 aromatic heterocycles. The van der Waals surface area contributed by atoms with E-state index in [1.807, 2.05) is 25.1 Å². The summed E-state index contributed by atoms with van der Waals surface area (Å²) in [6.45, 7) is 1.71. The maximum atomic E-state index is 12.5. The Morgan fingerprint density at radius 1 is 1.18 bits per heavy atom. The number of carbonyl (C=O) groups is 3. The summed E-state index contributed by atoms with van der Waals surface area (Å²) in [5, 5.41) is 8.27. The zero-order chi connectivity index (χ0) is 20.1. The Balaban J connectivity index is 1.70. The van der Waals surface area contributed by atoms with Crippen molar-refractivity contribution in [3.8, 4) is 5.75 Å². The summed E-state index contributed by atoms with van der Waals surface area (Å²) in [7, 11) is 0. The van der Waals surface area contributed by atoms with Gasteiger partial charge in [-0.05, 0) is 48.9 Å². The van der Waals surface area contributed by atoms with Crippen LogP contribution in [-0.2, 0) is 14.4 Å². The van der Waals surface area contributed by atoms with E-state index in [4.69, 9.17) is 10.5 Å². The first kappa shape index (κ1) is 19.1. The van der Waals surface area contributed by atoms with Gasteiger partial charge in [0.15, 0.2) is 6.61 Å². The van der Waals surface area contributed by atoms with Crippen molar-refractivity contribution in [1.82, 2.24) is 0 Å². The minimum atomic E-state index is -0.569. The zero-order valence-corrected chi connectivity index (χ0v) is 15.3. The van der Waals surface area contributed by atoms with E-state index in [0.717, 1.165) is 5.56 Å². The molecule has 144 valence electrons. The van der Waals surface area contributed by atoms with Gasteiger partial charge in [0.05, 0.1) is 5.69 Å². The molecule has 0 saturated heterocycles. The molecular formula is C20H20N4O4. The molecule has 1 heterocycles. The molecule has 0 atom stereocenters. The number of nitrogens with two attached hydrogens (primary N) is 1. The second-order valence-corrected chi connectivity index (χ2v) is 6.32. The number of primary amides is 1. The van der Waals surface area contributed by atoms with Crippen LogP contribution in [0.5, 0.6) is 5.75 Å². The van der Waals surface area contributed by atoms with Crippen molar-refractivity contribution in [3.63, 3.8) is 0 Å². The minimum absolute atomic E-state index is 0.155. The molecule has 0 fully saturated rings. The van der Waals surface area contributed by atoms with Crippen LogP contribution in [-0.4, -0.2) is 30.0 Å². The van der Waals surface area contributed by atoms with Crippen LogP contribution in [0.1, 0.15) is 18.4 Å². The molecular weight excluding hydrogens is 360 g/mol. The highest BCUT2D eigenvalue weighted by atomic mass is 16.5. The summed E-state index contributed by atoms with van der Waals surface area (Å²) in [6.07, 6.45) is 0.479. The van der Waals surface area contributed by atoms with E-state index >= 15 is 0 Å². The molecule has 1 aliphatic heterocycles. The van der Waals surface area contributed by atoms with Gasteiger partial charge >= 0.3 is 0 Å². The van der Waals surface area contributed by atoms with E-state index in [0.29, 0.717) is 17.1 Å². The summed E-state index contributed by atoms with van der Waals surface area (Å²) in [4.78, 5) is 35.5. The largest absolute Gasteiger partial charge is 0.484 e. The normalized spacial score (nSPS) is 13.7. The number of carbonyl (C=O) groups excluding carboxylic acids is 3. The number of hydrogen-bond donors (Lipinski definition) is 2. The van der Waals surface area contributed by atoms with E-state index < -0.39 is 5.91 Å². The van der Waals surface area contributed by atoms with Gasteiger partial charge in [-0.2, -0.15) is 5.10 Å². The quantitative estimate of drug-likeness (QED) is 0.797. The number of anilines is 2. The molecule has 0 aliphatic carbocycles. The molecule has 0 unspecified atom stereocenters. The highest BCUT2D eigenvalue weighted by molar-refractivity contribution is 6.44. The molecule has 8 heteroatoms. The number of nitrogens with one attached hydrogen (secondary N) is 1. The highest BCUT2D eigenvalue weighted by Gasteiger charge is 2.25. The van der Waals surface area contributed by atoms with Gasteiger partial charge in [-0.1, -0.05) is 12.1 Å². The number of aryl methyl sites for hydroxylation is 1. The van der Waals surface area contributed by atoms with Gasteiger partial charge in [0, 0.05) is 18.5 Å². The SMILES string of the molecule is Cc1cccc(N2N=C(C(=O)Nc3ccc(OCC(N)=O)cc3)CCC2=O)c1. The molecule has 0 saturated carbocycles. The average molecular weight is 380 g/mol. The third-order valence-electron chi connectivity index (χ3n) is 4.03. The van der Waals surface area contributed by atoms with Gasteiger partial charge in [0.25, 0.3) is 11.8 Å². The molecule has 8 nitrogen and oxygen atoms in total. The molecule has 3 amide bonds. The van der Waals surface area contributed by atoms with Gasteiger partial charge in [0.1, 0.15) is 11.5 Å². The van der Waals surface area contributed by atoms with Gasteiger partial charge in [-0.15, -0.1) is 0 Å². The predicted octanol–water partition coefficient (Wildman–Crippen LogP) is 1.98. The van der Waals surface area contributed by atoms with E-state index in [9.17, 15) is 14.4 Å². The lowest BCUT2D eigenvalue weighted by Crippen LogP contribution is -2.36. The summed E-state index contributed by atoms with van der Waals surface area (Å²) < 4.78 is 5.17. The Hall–Kier alpha value is -3.68. The number of nitrogens with zero attached hydrogens (tertiary/aromatic N) is 2. The fourth-order valence-electron chi connectivity index (χ4n) is 2.67. The average Bonchev–Trinajstić information content (AvgIpc) is 2.67. The fraction of sp³-hybridized carbons (Fsp3) is 0.200. The Kier molecular flexibility index (Phi) is 5.69. The molecule has 3 rings (SSSR count). The number of rotatable bonds is 6. The number of hydrazone groups is 1. The van der Waals surface area contributed by atoms with Crippen LogP contribution >= 0.6 is 0 Å². The van der Waals surface area contributed by atoms with Crippen molar-refractivity contribution in [2.24, 2.45) is 10.8 Å². The Morgan fingerprint density at radius 3 is 2.61 bits per heavy atom. The molecule has 0 radical (unpaired) electrons. The van der Waals surface area contributed by atoms with Crippen LogP contribution < -0.4 is 20.8 Å². The van der Waals surface area contributed by atoms with Crippen LogP contribution in [0.4, 0.5) is 11.4 Å². The van der Waals surface area contributed by atoms with Crippen LogP contribution in [0, 0.1) is 6.92 Å². The maximum absolute atomic E-state index is 12.5. The molecule has 28 heavy (non-hydrogen) atoms. The molecule has 0 bridgehead atoms. The molecule has 2 aromatic carbocycles. The summed E-state index contributed by atoms with van der Waals surface area (Å²) in [5.74, 6) is -0.641. The Bertz CT molecular complexity index is 937. The lowest BCUT2D eigenvalue weighted by Gasteiger charge is -2.23. The zero-order valence-electron chi connectivity index (χ0n) is 15.3. The number of ether oxygens (including phenoxy) is 1. The first-order chi connectivity index (χ1) is 13.4. The van der Waals surface area contributed by atoms with Gasteiger partial charge < -0.3 is 15.8 Å². The van der Waals surface area contributed by atoms with Crippen molar-refractivity contribution in [1.29, 1.82) is 0 Å². The summed E-state index contributed by atoms with van der Waals surface area (Å²) in [5.41, 5.74) is 7.47. The highest BCUT2D eigenvalue weighted by Crippen LogP contribution is 2.22. The fourth-order valence-corrected chi connectivity index (χ4v) is 2.67. The standard InChI is InChI=1S/C20H20N4O4/c1-13-3-2-4-15(11-13)24-19(26)10-9-17(23-24)20(27)22-14-5-7-16(8-6-14)28-12-18(21)25/h2-8,11H,9-10,12H2,1H3,(H2,21,25)(H,22,27). The maximum Gasteiger partial charge on any atom is 0.271 e. The van der Waals surface area contributed by atoms with Gasteiger partial charge in [-0.25, -0.2) is 5.01 Å². The molecule has 2 aromatic rings. The Morgan fingerprint density at radius 2 is 1.93 bits per heavy atom. The smallest absolute Gasteiger partial charge is 0.271 e. The second-order valence-electron chi connectivity index (χ2n) is 6.32. The van der Waals surface area contributed by atoms with E-state index in [-0.39, 0.29) is 37.0 Å². The lowest BCUT2D eigenvalue weighted by atomic mass is 10.1. The van der Waals surface area contributed by atoms with Crippen molar-refractivity contribution in [2.45, 2.75) is 19.8 Å². The first-order valence-corrected chi connectivity index (χ1v) is 8.72. The number of benzene rings is 2. The monoisotopic (exact) mass is 380 g/mol. The van der Waals surface area contributed by atoms with Crippen molar-refractivity contribution in [3.05, 3.63) is 54.1 Å². The van der Waals surface area contributed by atoms with E-state index in [2.05, 4.69) is 10.4 Å². The Labute approximate surface area is 162 Å². The van der Waals surface area contributed by atoms with Crippen LogP contribution in [0.3, 0.4) is 0 Å². The minimum Gasteiger partial charge on any atom is -0.484 e. The topological polar surface area (TPSA) is 114 Å². The number of amides is 3. The molecule has 3 N–H and O–H groups in total. The molecule has 1 aliphatic rings. The second kappa shape index (κ2) is 8.34. The van der Waals surface area contributed by atoms with E-state index in [1.54, 1.807) is 30.3 Å². The molecule has 0 spiro atoms. The predicted molar refractivity (Wildman–Crippen MR) is 105 cm³/mol. The van der Waals surface area contributed by atoms with Crippen LogP contribution in [0.25, 0.3) is 0 Å². The third kappa shape index (κ3) is 4.73. The van der Waals surface area contributed by atoms with Gasteiger partial charge in [-0.3, -0.25) is 14.4 Å². The third-order valence-corrected chi connectivity index (χ3v) is 4.03. The summed E-state index contributed by atoms with van der Waals surface area (Å²) >= 11 is 0.